The van der Waals surface area contributed by atoms with Crippen molar-refractivity contribution in [2.45, 2.75) is 13.7 Å². The third kappa shape index (κ3) is 0.924. The van der Waals surface area contributed by atoms with Crippen LogP contribution >= 0.6 is 0 Å². The monoisotopic (exact) mass is 161 g/mol. The molecule has 0 aliphatic carbocycles. The fourth-order valence-corrected chi connectivity index (χ4v) is 1.54. The molecular formula is C10H11NO. The lowest BCUT2D eigenvalue weighted by atomic mass is 10.2. The molecule has 0 fully saturated rings. The Bertz CT molecular complexity index is 403. The van der Waals surface area contributed by atoms with E-state index < -0.39 is 0 Å². The number of hydrogen-bond acceptors (Lipinski definition) is 1. The Labute approximate surface area is 71.1 Å². The van der Waals surface area contributed by atoms with Gasteiger partial charge in [-0.25, -0.2) is 0 Å². The van der Waals surface area contributed by atoms with E-state index >= 15 is 0 Å². The van der Waals surface area contributed by atoms with Crippen molar-refractivity contribution in [3.05, 3.63) is 36.0 Å². The SMILES string of the molecule is Cc1cc2ccccc2n1CO. The number of hydrogen-bond donors (Lipinski definition) is 1. The van der Waals surface area contributed by atoms with Gasteiger partial charge in [0.1, 0.15) is 6.73 Å². The summed E-state index contributed by atoms with van der Waals surface area (Å²) in [6.07, 6.45) is 0. The van der Waals surface area contributed by atoms with Crippen molar-refractivity contribution in [2.24, 2.45) is 0 Å². The first kappa shape index (κ1) is 7.37. The average molecular weight is 161 g/mol. The molecule has 0 amide bonds. The number of nitrogens with zero attached hydrogens (tertiary/aromatic N) is 1. The van der Waals surface area contributed by atoms with Gasteiger partial charge in [0.25, 0.3) is 0 Å². The minimum atomic E-state index is 0.0549. The number of aromatic nitrogens is 1. The molecule has 2 aromatic rings. The number of benzene rings is 1. The number of fused-ring (bicyclic) bond motifs is 1. The number of aliphatic hydroxyl groups excluding tert-OH is 1. The Morgan fingerprint density at radius 3 is 2.83 bits per heavy atom. The second-order valence-corrected chi connectivity index (χ2v) is 2.91. The highest BCUT2D eigenvalue weighted by atomic mass is 16.3. The number of para-hydroxylation sites is 1. The van der Waals surface area contributed by atoms with Gasteiger partial charge >= 0.3 is 0 Å². The molecule has 0 aliphatic rings. The summed E-state index contributed by atoms with van der Waals surface area (Å²) < 4.78 is 1.88. The molecule has 0 unspecified atom stereocenters. The summed E-state index contributed by atoms with van der Waals surface area (Å²) in [7, 11) is 0. The summed E-state index contributed by atoms with van der Waals surface area (Å²) in [5, 5.41) is 10.3. The van der Waals surface area contributed by atoms with E-state index in [9.17, 15) is 0 Å². The molecule has 12 heavy (non-hydrogen) atoms. The summed E-state index contributed by atoms with van der Waals surface area (Å²) in [6, 6.07) is 10.1. The molecule has 1 heterocycles. The second kappa shape index (κ2) is 2.64. The average Bonchev–Trinajstić information content (AvgIpc) is 2.40. The van der Waals surface area contributed by atoms with Gasteiger partial charge in [0.15, 0.2) is 0 Å². The van der Waals surface area contributed by atoms with Crippen LogP contribution in [0.1, 0.15) is 5.69 Å². The molecule has 2 nitrogen and oxygen atoms in total. The highest BCUT2D eigenvalue weighted by molar-refractivity contribution is 5.81. The van der Waals surface area contributed by atoms with Crippen LogP contribution in [0, 0.1) is 6.92 Å². The Morgan fingerprint density at radius 1 is 1.33 bits per heavy atom. The largest absolute Gasteiger partial charge is 0.376 e. The normalized spacial score (nSPS) is 10.8. The van der Waals surface area contributed by atoms with E-state index in [1.54, 1.807) is 0 Å². The lowest BCUT2D eigenvalue weighted by Crippen LogP contribution is -1.97. The molecule has 0 atom stereocenters. The van der Waals surface area contributed by atoms with Crippen LogP contribution in [0.3, 0.4) is 0 Å². The van der Waals surface area contributed by atoms with Gasteiger partial charge in [-0.3, -0.25) is 0 Å². The fourth-order valence-electron chi connectivity index (χ4n) is 1.54. The molecule has 1 aromatic heterocycles. The van der Waals surface area contributed by atoms with Crippen LogP contribution in [0.15, 0.2) is 30.3 Å². The van der Waals surface area contributed by atoms with E-state index in [1.165, 1.54) is 5.39 Å². The second-order valence-electron chi connectivity index (χ2n) is 2.91. The zero-order valence-corrected chi connectivity index (χ0v) is 6.99. The molecule has 2 rings (SSSR count). The molecule has 62 valence electrons. The minimum Gasteiger partial charge on any atom is -0.376 e. The van der Waals surface area contributed by atoms with Crippen molar-refractivity contribution >= 4 is 10.9 Å². The zero-order chi connectivity index (χ0) is 8.55. The van der Waals surface area contributed by atoms with Crippen molar-refractivity contribution in [1.29, 1.82) is 0 Å². The third-order valence-corrected chi connectivity index (χ3v) is 2.16. The lowest BCUT2D eigenvalue weighted by molar-refractivity contribution is 0.213. The molecule has 0 saturated carbocycles. The van der Waals surface area contributed by atoms with E-state index in [-0.39, 0.29) is 6.73 Å². The molecular weight excluding hydrogens is 150 g/mol. The van der Waals surface area contributed by atoms with Gasteiger partial charge in [0.2, 0.25) is 0 Å². The molecule has 1 N–H and O–H groups in total. The predicted molar refractivity (Wildman–Crippen MR) is 48.9 cm³/mol. The fraction of sp³-hybridized carbons (Fsp3) is 0.200. The van der Waals surface area contributed by atoms with E-state index in [2.05, 4.69) is 12.1 Å². The molecule has 0 radical (unpaired) electrons. The van der Waals surface area contributed by atoms with Gasteiger partial charge < -0.3 is 9.67 Å². The predicted octanol–water partition coefficient (Wildman–Crippen LogP) is 1.90. The summed E-state index contributed by atoms with van der Waals surface area (Å²) in [5.41, 5.74) is 2.19. The van der Waals surface area contributed by atoms with Gasteiger partial charge in [-0.05, 0) is 24.4 Å². The summed E-state index contributed by atoms with van der Waals surface area (Å²) in [4.78, 5) is 0. The van der Waals surface area contributed by atoms with Crippen molar-refractivity contribution in [3.63, 3.8) is 0 Å². The summed E-state index contributed by atoms with van der Waals surface area (Å²) >= 11 is 0. The topological polar surface area (TPSA) is 25.2 Å². The van der Waals surface area contributed by atoms with Crippen molar-refractivity contribution in [2.75, 3.05) is 0 Å². The Balaban J connectivity index is 2.81. The Kier molecular flexibility index (Phi) is 1.62. The zero-order valence-electron chi connectivity index (χ0n) is 6.99. The standard InChI is InChI=1S/C10H11NO/c1-8-6-9-4-2-3-5-10(9)11(8)7-12/h2-6,12H,7H2,1H3. The minimum absolute atomic E-state index is 0.0549. The first-order chi connectivity index (χ1) is 5.83. The van der Waals surface area contributed by atoms with Crippen molar-refractivity contribution in [1.82, 2.24) is 4.57 Å². The van der Waals surface area contributed by atoms with Gasteiger partial charge in [0.05, 0.1) is 5.52 Å². The van der Waals surface area contributed by atoms with Gasteiger partial charge in [0, 0.05) is 5.69 Å². The van der Waals surface area contributed by atoms with E-state index in [0.29, 0.717) is 0 Å². The lowest BCUT2D eigenvalue weighted by Gasteiger charge is -2.01. The van der Waals surface area contributed by atoms with Crippen molar-refractivity contribution < 1.29 is 5.11 Å². The maximum atomic E-state index is 9.07. The first-order valence-corrected chi connectivity index (χ1v) is 3.98. The van der Waals surface area contributed by atoms with Crippen LogP contribution in [0.5, 0.6) is 0 Å². The van der Waals surface area contributed by atoms with Crippen molar-refractivity contribution in [3.8, 4) is 0 Å². The van der Waals surface area contributed by atoms with Gasteiger partial charge in [-0.2, -0.15) is 0 Å². The molecule has 2 heteroatoms. The first-order valence-electron chi connectivity index (χ1n) is 3.98. The number of aliphatic hydroxyl groups is 1. The maximum Gasteiger partial charge on any atom is 0.119 e. The summed E-state index contributed by atoms with van der Waals surface area (Å²) in [6.45, 7) is 2.05. The summed E-state index contributed by atoms with van der Waals surface area (Å²) in [5.74, 6) is 0. The van der Waals surface area contributed by atoms with E-state index in [4.69, 9.17) is 5.11 Å². The number of aryl methyl sites for hydroxylation is 1. The maximum absolute atomic E-state index is 9.07. The Morgan fingerprint density at radius 2 is 2.08 bits per heavy atom. The van der Waals surface area contributed by atoms with Crippen LogP contribution in [-0.4, -0.2) is 9.67 Å². The Hall–Kier alpha value is -1.28. The molecule has 0 saturated heterocycles. The van der Waals surface area contributed by atoms with E-state index in [1.807, 2.05) is 29.7 Å². The van der Waals surface area contributed by atoms with Crippen LogP contribution in [0.2, 0.25) is 0 Å². The highest BCUT2D eigenvalue weighted by Crippen LogP contribution is 2.18. The molecule has 1 aromatic carbocycles. The van der Waals surface area contributed by atoms with Crippen LogP contribution < -0.4 is 0 Å². The van der Waals surface area contributed by atoms with Gasteiger partial charge in [-0.15, -0.1) is 0 Å². The molecule has 0 bridgehead atoms. The van der Waals surface area contributed by atoms with Crippen LogP contribution in [0.4, 0.5) is 0 Å². The molecule has 0 aliphatic heterocycles. The third-order valence-electron chi connectivity index (χ3n) is 2.16. The van der Waals surface area contributed by atoms with Gasteiger partial charge in [-0.1, -0.05) is 18.2 Å². The highest BCUT2D eigenvalue weighted by Gasteiger charge is 2.01. The van der Waals surface area contributed by atoms with E-state index in [0.717, 1.165) is 11.2 Å². The quantitative estimate of drug-likeness (QED) is 0.679. The smallest absolute Gasteiger partial charge is 0.119 e. The van der Waals surface area contributed by atoms with Crippen LogP contribution in [-0.2, 0) is 6.73 Å². The number of rotatable bonds is 1. The molecule has 0 spiro atoms. The van der Waals surface area contributed by atoms with Crippen LogP contribution in [0.25, 0.3) is 10.9 Å².